The second-order valence-corrected chi connectivity index (χ2v) is 2.11. The number of hydrogen-bond acceptors (Lipinski definition) is 1. The van der Waals surface area contributed by atoms with Crippen molar-refractivity contribution in [3.05, 3.63) is 23.8 Å². The van der Waals surface area contributed by atoms with Crippen molar-refractivity contribution in [3.63, 3.8) is 0 Å². The summed E-state index contributed by atoms with van der Waals surface area (Å²) in [5.41, 5.74) is 1.26. The van der Waals surface area contributed by atoms with Gasteiger partial charge in [-0.25, -0.2) is 0 Å². The predicted octanol–water partition coefficient (Wildman–Crippen LogP) is 2.18. The Hall–Kier alpha value is -1.03. The van der Waals surface area contributed by atoms with Crippen molar-refractivity contribution in [3.8, 4) is 6.07 Å². The molecule has 1 aliphatic rings. The van der Waals surface area contributed by atoms with Gasteiger partial charge >= 0.3 is 0 Å². The summed E-state index contributed by atoms with van der Waals surface area (Å²) >= 11 is 0. The third-order valence-electron chi connectivity index (χ3n) is 1.40. The van der Waals surface area contributed by atoms with Crippen molar-refractivity contribution in [2.45, 2.75) is 19.3 Å². The van der Waals surface area contributed by atoms with E-state index in [2.05, 4.69) is 24.3 Å². The smallest absolute Gasteiger partial charge is 0.0666 e. The van der Waals surface area contributed by atoms with E-state index < -0.39 is 0 Å². The molecule has 0 saturated heterocycles. The van der Waals surface area contributed by atoms with Crippen LogP contribution in [0, 0.1) is 11.3 Å². The van der Waals surface area contributed by atoms with Crippen LogP contribution in [-0.4, -0.2) is 0 Å². The average molecular weight is 119 g/mol. The van der Waals surface area contributed by atoms with Crippen molar-refractivity contribution in [1.82, 2.24) is 0 Å². The predicted molar refractivity (Wildman–Crippen MR) is 36.7 cm³/mol. The minimum absolute atomic E-state index is 0.602. The van der Waals surface area contributed by atoms with Crippen LogP contribution in [0.25, 0.3) is 0 Å². The minimum Gasteiger partial charge on any atom is -0.198 e. The Morgan fingerprint density at radius 3 is 3.00 bits per heavy atom. The van der Waals surface area contributed by atoms with E-state index in [-0.39, 0.29) is 0 Å². The molecule has 0 aliphatic heterocycles. The van der Waals surface area contributed by atoms with Crippen LogP contribution in [0.15, 0.2) is 23.8 Å². The largest absolute Gasteiger partial charge is 0.198 e. The van der Waals surface area contributed by atoms with Crippen LogP contribution in [0.1, 0.15) is 19.3 Å². The first-order chi connectivity index (χ1) is 4.43. The highest BCUT2D eigenvalue weighted by Gasteiger charge is 1.95. The molecule has 9 heavy (non-hydrogen) atoms. The Kier molecular flexibility index (Phi) is 2.09. The highest BCUT2D eigenvalue weighted by atomic mass is 14.2. The Morgan fingerprint density at radius 2 is 2.44 bits per heavy atom. The Bertz CT molecular complexity index is 181. The zero-order valence-corrected chi connectivity index (χ0v) is 5.30. The molecule has 0 amide bonds. The van der Waals surface area contributed by atoms with Gasteiger partial charge in [0.25, 0.3) is 0 Å². The lowest BCUT2D eigenvalue weighted by atomic mass is 10.0. The monoisotopic (exact) mass is 119 g/mol. The molecule has 1 nitrogen and oxygen atoms in total. The van der Waals surface area contributed by atoms with E-state index in [9.17, 15) is 0 Å². The minimum atomic E-state index is 0.602. The summed E-state index contributed by atoms with van der Waals surface area (Å²) in [6.07, 6.45) is 8.96. The molecule has 0 aromatic rings. The lowest BCUT2D eigenvalue weighted by Gasteiger charge is -2.01. The van der Waals surface area contributed by atoms with Crippen LogP contribution in [0.4, 0.5) is 0 Å². The Balaban J connectivity index is 2.43. The molecule has 0 saturated carbocycles. The van der Waals surface area contributed by atoms with Crippen LogP contribution in [0.5, 0.6) is 0 Å². The molecule has 1 aliphatic carbocycles. The quantitative estimate of drug-likeness (QED) is 0.485. The van der Waals surface area contributed by atoms with Crippen LogP contribution in [-0.2, 0) is 0 Å². The van der Waals surface area contributed by atoms with Crippen molar-refractivity contribution in [2.75, 3.05) is 0 Å². The fourth-order valence-corrected chi connectivity index (χ4v) is 0.895. The van der Waals surface area contributed by atoms with Crippen LogP contribution in [0.2, 0.25) is 0 Å². The van der Waals surface area contributed by atoms with Gasteiger partial charge in [0.1, 0.15) is 0 Å². The molecule has 1 heteroatoms. The standard InChI is InChI=1S/C8H9N/c9-7-6-8-4-2-1-3-5-8/h1-2,5H,3-4,6H2. The maximum atomic E-state index is 8.30. The number of nitrogens with zero attached hydrogens (tertiary/aromatic N) is 1. The van der Waals surface area contributed by atoms with Gasteiger partial charge < -0.3 is 0 Å². The summed E-state index contributed by atoms with van der Waals surface area (Å²) in [5.74, 6) is 0. The molecule has 0 fully saturated rings. The molecule has 0 spiro atoms. The molecule has 0 heterocycles. The molecular formula is C8H9N. The van der Waals surface area contributed by atoms with Crippen molar-refractivity contribution in [1.29, 1.82) is 5.26 Å². The van der Waals surface area contributed by atoms with Gasteiger partial charge in [0.15, 0.2) is 0 Å². The maximum Gasteiger partial charge on any atom is 0.0666 e. The third kappa shape index (κ3) is 1.73. The zero-order chi connectivity index (χ0) is 6.53. The Morgan fingerprint density at radius 1 is 1.56 bits per heavy atom. The van der Waals surface area contributed by atoms with Crippen molar-refractivity contribution < 1.29 is 0 Å². The topological polar surface area (TPSA) is 23.8 Å². The molecular weight excluding hydrogens is 110 g/mol. The summed E-state index contributed by atoms with van der Waals surface area (Å²) in [5, 5.41) is 8.30. The van der Waals surface area contributed by atoms with E-state index in [1.165, 1.54) is 5.57 Å². The summed E-state index contributed by atoms with van der Waals surface area (Å²) in [6.45, 7) is 0. The van der Waals surface area contributed by atoms with E-state index in [0.717, 1.165) is 12.8 Å². The third-order valence-corrected chi connectivity index (χ3v) is 1.40. The molecule has 46 valence electrons. The normalized spacial score (nSPS) is 16.6. The van der Waals surface area contributed by atoms with Gasteiger partial charge in [0.05, 0.1) is 12.5 Å². The second-order valence-electron chi connectivity index (χ2n) is 2.11. The zero-order valence-electron chi connectivity index (χ0n) is 5.30. The fraction of sp³-hybridized carbons (Fsp3) is 0.375. The number of rotatable bonds is 1. The van der Waals surface area contributed by atoms with Gasteiger partial charge in [-0.1, -0.05) is 23.8 Å². The van der Waals surface area contributed by atoms with Gasteiger partial charge in [0.2, 0.25) is 0 Å². The molecule has 0 unspecified atom stereocenters. The second kappa shape index (κ2) is 3.09. The van der Waals surface area contributed by atoms with Gasteiger partial charge in [-0.05, 0) is 12.8 Å². The Labute approximate surface area is 55.3 Å². The van der Waals surface area contributed by atoms with Crippen molar-refractivity contribution in [2.24, 2.45) is 0 Å². The van der Waals surface area contributed by atoms with E-state index in [4.69, 9.17) is 5.26 Å². The lowest BCUT2D eigenvalue weighted by molar-refractivity contribution is 1.05. The summed E-state index contributed by atoms with van der Waals surface area (Å²) in [4.78, 5) is 0. The van der Waals surface area contributed by atoms with Crippen LogP contribution in [0.3, 0.4) is 0 Å². The SMILES string of the molecule is N#CCC1=CCC=CC1. The summed E-state index contributed by atoms with van der Waals surface area (Å²) in [7, 11) is 0. The van der Waals surface area contributed by atoms with E-state index >= 15 is 0 Å². The first-order valence-electron chi connectivity index (χ1n) is 3.13. The van der Waals surface area contributed by atoms with E-state index in [0.29, 0.717) is 6.42 Å². The molecule has 0 radical (unpaired) electrons. The van der Waals surface area contributed by atoms with E-state index in [1.807, 2.05) is 0 Å². The first kappa shape index (κ1) is 6.10. The summed E-state index contributed by atoms with van der Waals surface area (Å²) < 4.78 is 0. The maximum absolute atomic E-state index is 8.30. The van der Waals surface area contributed by atoms with Crippen molar-refractivity contribution >= 4 is 0 Å². The van der Waals surface area contributed by atoms with Gasteiger partial charge in [-0.2, -0.15) is 5.26 Å². The van der Waals surface area contributed by atoms with Crippen LogP contribution < -0.4 is 0 Å². The summed E-state index contributed by atoms with van der Waals surface area (Å²) in [6, 6.07) is 2.14. The number of hydrogen-bond donors (Lipinski definition) is 0. The fourth-order valence-electron chi connectivity index (χ4n) is 0.895. The van der Waals surface area contributed by atoms with Gasteiger partial charge in [-0.3, -0.25) is 0 Å². The first-order valence-corrected chi connectivity index (χ1v) is 3.13. The molecule has 1 rings (SSSR count). The highest BCUT2D eigenvalue weighted by Crippen LogP contribution is 2.12. The van der Waals surface area contributed by atoms with E-state index in [1.54, 1.807) is 0 Å². The molecule has 0 aromatic carbocycles. The number of nitriles is 1. The number of allylic oxidation sites excluding steroid dienone is 4. The molecule has 0 bridgehead atoms. The molecule has 0 aromatic heterocycles. The molecule has 0 N–H and O–H groups in total. The highest BCUT2D eigenvalue weighted by molar-refractivity contribution is 5.17. The van der Waals surface area contributed by atoms with Gasteiger partial charge in [-0.15, -0.1) is 0 Å². The molecule has 0 atom stereocenters. The lowest BCUT2D eigenvalue weighted by Crippen LogP contribution is -1.83. The van der Waals surface area contributed by atoms with Crippen LogP contribution >= 0.6 is 0 Å². The van der Waals surface area contributed by atoms with Gasteiger partial charge in [0, 0.05) is 0 Å². The average Bonchev–Trinajstić information content (AvgIpc) is 1.91.